The van der Waals surface area contributed by atoms with Gasteiger partial charge in [-0.15, -0.1) is 0 Å². The second-order valence-corrected chi connectivity index (χ2v) is 4.68. The number of thiophene rings is 1. The highest BCUT2D eigenvalue weighted by Gasteiger charge is 2.30. The van der Waals surface area contributed by atoms with Crippen molar-refractivity contribution in [1.82, 2.24) is 5.32 Å². The Morgan fingerprint density at radius 3 is 2.92 bits per heavy atom. The maximum atomic E-state index is 3.60. The minimum atomic E-state index is 0.446. The Hall–Kier alpha value is -0.340. The van der Waals surface area contributed by atoms with Gasteiger partial charge in [-0.05, 0) is 48.6 Å². The second kappa shape index (κ2) is 3.19. The summed E-state index contributed by atoms with van der Waals surface area (Å²) in [5.74, 6) is 0. The van der Waals surface area contributed by atoms with E-state index in [1.165, 1.54) is 24.8 Å². The largest absolute Gasteiger partial charge is 0.307 e. The minimum absolute atomic E-state index is 0.446. The van der Waals surface area contributed by atoms with Crippen LogP contribution in [0.4, 0.5) is 0 Å². The first-order chi connectivity index (χ1) is 5.79. The van der Waals surface area contributed by atoms with Gasteiger partial charge in [0.05, 0.1) is 0 Å². The molecule has 0 amide bonds. The lowest BCUT2D eigenvalue weighted by Crippen LogP contribution is -2.47. The first-order valence-corrected chi connectivity index (χ1v) is 5.49. The third-order valence-electron chi connectivity index (χ3n) is 2.76. The Kier molecular flexibility index (Phi) is 2.20. The normalized spacial score (nSPS) is 20.4. The highest BCUT2D eigenvalue weighted by atomic mass is 32.1. The van der Waals surface area contributed by atoms with Crippen molar-refractivity contribution in [2.45, 2.75) is 38.3 Å². The van der Waals surface area contributed by atoms with Gasteiger partial charge < -0.3 is 5.32 Å². The molecule has 1 aliphatic rings. The van der Waals surface area contributed by atoms with Gasteiger partial charge in [0.15, 0.2) is 0 Å². The fraction of sp³-hybridized carbons (Fsp3) is 0.600. The number of hydrogen-bond acceptors (Lipinski definition) is 2. The predicted octanol–water partition coefficient (Wildman–Crippen LogP) is 2.78. The van der Waals surface area contributed by atoms with Gasteiger partial charge in [0.25, 0.3) is 0 Å². The standard InChI is InChI=1S/C10H15NS/c1-10(4-2-5-10)11-7-9-3-6-12-8-9/h3,6,8,11H,2,4-5,7H2,1H3. The summed E-state index contributed by atoms with van der Waals surface area (Å²) in [5, 5.41) is 7.96. The second-order valence-electron chi connectivity index (χ2n) is 3.90. The van der Waals surface area contributed by atoms with Crippen LogP contribution in [0.15, 0.2) is 16.8 Å². The molecule has 1 N–H and O–H groups in total. The monoisotopic (exact) mass is 181 g/mol. The summed E-state index contributed by atoms with van der Waals surface area (Å²) in [5.41, 5.74) is 1.87. The van der Waals surface area contributed by atoms with Crippen LogP contribution in [0.2, 0.25) is 0 Å². The number of rotatable bonds is 3. The molecule has 0 aliphatic heterocycles. The molecular formula is C10H15NS. The Bertz CT molecular complexity index is 236. The molecule has 0 unspecified atom stereocenters. The van der Waals surface area contributed by atoms with Crippen molar-refractivity contribution in [2.75, 3.05) is 0 Å². The van der Waals surface area contributed by atoms with E-state index in [1.54, 1.807) is 11.3 Å². The highest BCUT2D eigenvalue weighted by molar-refractivity contribution is 7.07. The van der Waals surface area contributed by atoms with Crippen molar-refractivity contribution < 1.29 is 0 Å². The molecule has 0 bridgehead atoms. The lowest BCUT2D eigenvalue weighted by Gasteiger charge is -2.39. The molecular weight excluding hydrogens is 166 g/mol. The first kappa shape index (κ1) is 8.27. The van der Waals surface area contributed by atoms with Crippen LogP contribution >= 0.6 is 11.3 Å². The van der Waals surface area contributed by atoms with Crippen molar-refractivity contribution in [3.63, 3.8) is 0 Å². The molecule has 1 aliphatic carbocycles. The Labute approximate surface area is 77.8 Å². The fourth-order valence-corrected chi connectivity index (χ4v) is 2.26. The zero-order valence-electron chi connectivity index (χ0n) is 7.47. The van der Waals surface area contributed by atoms with Gasteiger partial charge in [-0.1, -0.05) is 0 Å². The van der Waals surface area contributed by atoms with E-state index < -0.39 is 0 Å². The maximum Gasteiger partial charge on any atom is 0.0218 e. The molecule has 2 heteroatoms. The highest BCUT2D eigenvalue weighted by Crippen LogP contribution is 2.31. The van der Waals surface area contributed by atoms with Crippen molar-refractivity contribution in [2.24, 2.45) is 0 Å². The third kappa shape index (κ3) is 1.70. The Morgan fingerprint density at radius 1 is 1.58 bits per heavy atom. The molecule has 0 atom stereocenters. The van der Waals surface area contributed by atoms with Gasteiger partial charge in [0, 0.05) is 12.1 Å². The van der Waals surface area contributed by atoms with E-state index in [0.717, 1.165) is 6.54 Å². The fourth-order valence-electron chi connectivity index (χ4n) is 1.59. The van der Waals surface area contributed by atoms with Gasteiger partial charge in [-0.2, -0.15) is 11.3 Å². The third-order valence-corrected chi connectivity index (χ3v) is 3.49. The average molecular weight is 181 g/mol. The summed E-state index contributed by atoms with van der Waals surface area (Å²) in [7, 11) is 0. The molecule has 0 aromatic carbocycles. The van der Waals surface area contributed by atoms with Gasteiger partial charge in [-0.3, -0.25) is 0 Å². The molecule has 66 valence electrons. The molecule has 1 aromatic heterocycles. The molecule has 1 heterocycles. The minimum Gasteiger partial charge on any atom is -0.307 e. The average Bonchev–Trinajstić information content (AvgIpc) is 2.49. The van der Waals surface area contributed by atoms with Gasteiger partial charge in [-0.25, -0.2) is 0 Å². The smallest absolute Gasteiger partial charge is 0.0218 e. The van der Waals surface area contributed by atoms with Crippen molar-refractivity contribution in [3.05, 3.63) is 22.4 Å². The molecule has 1 nitrogen and oxygen atoms in total. The SMILES string of the molecule is CC1(NCc2ccsc2)CCC1. The topological polar surface area (TPSA) is 12.0 Å². The van der Waals surface area contributed by atoms with Crippen LogP contribution in [0, 0.1) is 0 Å². The van der Waals surface area contributed by atoms with Crippen molar-refractivity contribution in [3.8, 4) is 0 Å². The quantitative estimate of drug-likeness (QED) is 0.756. The predicted molar refractivity (Wildman–Crippen MR) is 53.4 cm³/mol. The van der Waals surface area contributed by atoms with Gasteiger partial charge >= 0.3 is 0 Å². The first-order valence-electron chi connectivity index (χ1n) is 4.55. The van der Waals surface area contributed by atoms with E-state index in [1.807, 2.05) is 0 Å². The Morgan fingerprint density at radius 2 is 2.42 bits per heavy atom. The summed E-state index contributed by atoms with van der Waals surface area (Å²) < 4.78 is 0. The lowest BCUT2D eigenvalue weighted by atomic mass is 9.78. The van der Waals surface area contributed by atoms with Gasteiger partial charge in [0.2, 0.25) is 0 Å². The number of nitrogens with one attached hydrogen (secondary N) is 1. The van der Waals surface area contributed by atoms with Crippen molar-refractivity contribution >= 4 is 11.3 Å². The Balaban J connectivity index is 1.82. The van der Waals surface area contributed by atoms with Crippen LogP contribution in [-0.4, -0.2) is 5.54 Å². The van der Waals surface area contributed by atoms with E-state index in [4.69, 9.17) is 0 Å². The molecule has 12 heavy (non-hydrogen) atoms. The van der Waals surface area contributed by atoms with Crippen LogP contribution < -0.4 is 5.32 Å². The molecule has 0 radical (unpaired) electrons. The zero-order valence-corrected chi connectivity index (χ0v) is 8.29. The van der Waals surface area contributed by atoms with E-state index in [-0.39, 0.29) is 0 Å². The summed E-state index contributed by atoms with van der Waals surface area (Å²) in [6.45, 7) is 3.36. The van der Waals surface area contributed by atoms with Gasteiger partial charge in [0.1, 0.15) is 0 Å². The van der Waals surface area contributed by atoms with E-state index in [2.05, 4.69) is 29.1 Å². The van der Waals surface area contributed by atoms with E-state index >= 15 is 0 Å². The van der Waals surface area contributed by atoms with Crippen LogP contribution in [-0.2, 0) is 6.54 Å². The van der Waals surface area contributed by atoms with Crippen LogP contribution in [0.25, 0.3) is 0 Å². The van der Waals surface area contributed by atoms with Crippen molar-refractivity contribution in [1.29, 1.82) is 0 Å². The molecule has 0 spiro atoms. The molecule has 1 aromatic rings. The summed E-state index contributed by atoms with van der Waals surface area (Å²) >= 11 is 1.78. The van der Waals surface area contributed by atoms with E-state index in [9.17, 15) is 0 Å². The summed E-state index contributed by atoms with van der Waals surface area (Å²) in [4.78, 5) is 0. The van der Waals surface area contributed by atoms with Crippen LogP contribution in [0.1, 0.15) is 31.7 Å². The maximum absolute atomic E-state index is 3.60. The zero-order chi connectivity index (χ0) is 8.44. The molecule has 2 rings (SSSR count). The summed E-state index contributed by atoms with van der Waals surface area (Å²) in [6.07, 6.45) is 4.08. The number of hydrogen-bond donors (Lipinski definition) is 1. The molecule has 0 saturated heterocycles. The lowest BCUT2D eigenvalue weighted by molar-refractivity contribution is 0.207. The van der Waals surface area contributed by atoms with Crippen LogP contribution in [0.5, 0.6) is 0 Å². The summed E-state index contributed by atoms with van der Waals surface area (Å²) in [6, 6.07) is 2.19. The molecule has 1 saturated carbocycles. The molecule has 1 fully saturated rings. The van der Waals surface area contributed by atoms with Crippen LogP contribution in [0.3, 0.4) is 0 Å². The van der Waals surface area contributed by atoms with E-state index in [0.29, 0.717) is 5.54 Å².